The van der Waals surface area contributed by atoms with E-state index in [1.54, 1.807) is 6.92 Å². The minimum atomic E-state index is -2.09. The number of hydrogen-bond acceptors (Lipinski definition) is 6. The van der Waals surface area contributed by atoms with E-state index in [1.165, 1.54) is 0 Å². The van der Waals surface area contributed by atoms with Gasteiger partial charge in [0.2, 0.25) is 9.70 Å². The molecule has 1 rings (SSSR count). The van der Waals surface area contributed by atoms with E-state index in [-0.39, 0.29) is 6.61 Å². The summed E-state index contributed by atoms with van der Waals surface area (Å²) in [6.45, 7) is 2.76. The van der Waals surface area contributed by atoms with E-state index in [0.29, 0.717) is 0 Å². The van der Waals surface area contributed by atoms with Crippen LogP contribution in [-0.2, 0) is 23.8 Å². The summed E-state index contributed by atoms with van der Waals surface area (Å²) in [6, 6.07) is 0. The summed E-state index contributed by atoms with van der Waals surface area (Å²) < 4.78 is 12.1. The Morgan fingerprint density at radius 1 is 1.40 bits per heavy atom. The van der Waals surface area contributed by atoms with Gasteiger partial charge in [-0.1, -0.05) is 34.8 Å². The highest BCUT2D eigenvalue weighted by atomic mass is 35.6. The molecule has 0 aromatic rings. The number of nitrogens with one attached hydrogen (secondary N) is 1. The van der Waals surface area contributed by atoms with Crippen molar-refractivity contribution in [3.63, 3.8) is 0 Å². The van der Waals surface area contributed by atoms with Crippen LogP contribution in [0, 0.1) is 5.92 Å². The van der Waals surface area contributed by atoms with Crippen LogP contribution >= 0.6 is 34.8 Å². The lowest BCUT2D eigenvalue weighted by Gasteiger charge is -2.41. The van der Waals surface area contributed by atoms with Gasteiger partial charge >= 0.3 is 12.1 Å². The van der Waals surface area contributed by atoms with Crippen molar-refractivity contribution in [3.8, 4) is 0 Å². The Morgan fingerprint density at radius 3 is 2.40 bits per heavy atom. The van der Waals surface area contributed by atoms with Gasteiger partial charge in [-0.25, -0.2) is 4.79 Å². The van der Waals surface area contributed by atoms with Crippen LogP contribution < -0.4 is 5.32 Å². The number of carbonyl (C=O) groups is 3. The van der Waals surface area contributed by atoms with Crippen LogP contribution in [0.5, 0.6) is 0 Å². The highest BCUT2D eigenvalue weighted by Gasteiger charge is 2.56. The highest BCUT2D eigenvalue weighted by Crippen LogP contribution is 2.40. The monoisotopic (exact) mass is 347 g/mol. The SMILES string of the molecule is CCOC(=O)OC([C@@H]1C(=O)N[C@@H]1OC(C)=O)C(Cl)(Cl)Cl. The zero-order chi connectivity index (χ0) is 15.5. The molecule has 114 valence electrons. The Labute approximate surface area is 129 Å². The maximum atomic E-state index is 11.5. The average Bonchev–Trinajstić information content (AvgIpc) is 2.25. The molecule has 0 bridgehead atoms. The lowest BCUT2D eigenvalue weighted by Crippen LogP contribution is -2.66. The largest absolute Gasteiger partial charge is 0.508 e. The molecule has 1 aliphatic rings. The number of rotatable bonds is 4. The third-order valence-electron chi connectivity index (χ3n) is 2.34. The van der Waals surface area contributed by atoms with Gasteiger partial charge in [0.15, 0.2) is 12.3 Å². The van der Waals surface area contributed by atoms with Crippen molar-refractivity contribution < 1.29 is 28.6 Å². The molecule has 1 fully saturated rings. The minimum Gasteiger partial charge on any atom is -0.441 e. The second kappa shape index (κ2) is 6.69. The summed E-state index contributed by atoms with van der Waals surface area (Å²) in [6.07, 6.45) is -3.58. The van der Waals surface area contributed by atoms with Crippen molar-refractivity contribution in [2.75, 3.05) is 6.61 Å². The predicted octanol–water partition coefficient (Wildman–Crippen LogP) is 1.53. The fraction of sp³-hybridized carbons (Fsp3) is 0.700. The van der Waals surface area contributed by atoms with Gasteiger partial charge in [-0.3, -0.25) is 9.59 Å². The molecule has 0 radical (unpaired) electrons. The summed E-state index contributed by atoms with van der Waals surface area (Å²) in [5, 5.41) is 2.29. The number of esters is 1. The van der Waals surface area contributed by atoms with Crippen molar-refractivity contribution in [2.24, 2.45) is 5.92 Å². The fourth-order valence-electron chi connectivity index (χ4n) is 1.54. The summed E-state index contributed by atoms with van der Waals surface area (Å²) in [5.74, 6) is -2.34. The number of halogens is 3. The first-order valence-corrected chi connectivity index (χ1v) is 6.68. The topological polar surface area (TPSA) is 90.9 Å². The molecule has 0 aromatic heterocycles. The Bertz CT molecular complexity index is 410. The fourth-order valence-corrected chi connectivity index (χ4v) is 2.09. The number of alkyl halides is 3. The Kier molecular flexibility index (Phi) is 5.73. The van der Waals surface area contributed by atoms with Gasteiger partial charge in [-0.2, -0.15) is 0 Å². The van der Waals surface area contributed by atoms with Crippen molar-refractivity contribution in [1.82, 2.24) is 5.32 Å². The van der Waals surface area contributed by atoms with Gasteiger partial charge in [0.25, 0.3) is 0 Å². The molecular formula is C10H12Cl3NO6. The smallest absolute Gasteiger partial charge is 0.441 e. The molecule has 7 nitrogen and oxygen atoms in total. The highest BCUT2D eigenvalue weighted by molar-refractivity contribution is 6.68. The maximum absolute atomic E-state index is 11.5. The third-order valence-corrected chi connectivity index (χ3v) is 2.99. The lowest BCUT2D eigenvalue weighted by atomic mass is 9.93. The summed E-state index contributed by atoms with van der Waals surface area (Å²) in [5.41, 5.74) is 0. The van der Waals surface area contributed by atoms with Gasteiger partial charge in [-0.15, -0.1) is 0 Å². The van der Waals surface area contributed by atoms with Gasteiger partial charge in [-0.05, 0) is 6.92 Å². The molecule has 0 spiro atoms. The van der Waals surface area contributed by atoms with E-state index < -0.39 is 40.1 Å². The second-order valence-corrected chi connectivity index (χ2v) is 6.20. The standard InChI is InChI=1S/C10H12Cl3NO6/c1-3-18-9(17)20-6(10(11,12)13)5-7(16)14-8(5)19-4(2)15/h5-6,8H,3H2,1-2H3,(H,14,16)/t5-,6?,8-/m1/s1. The van der Waals surface area contributed by atoms with Crippen LogP contribution in [0.25, 0.3) is 0 Å². The average molecular weight is 349 g/mol. The van der Waals surface area contributed by atoms with Crippen molar-refractivity contribution in [2.45, 2.75) is 30.0 Å². The van der Waals surface area contributed by atoms with Crippen LogP contribution in [0.3, 0.4) is 0 Å². The van der Waals surface area contributed by atoms with Crippen LogP contribution in [0.4, 0.5) is 4.79 Å². The minimum absolute atomic E-state index is 0.0512. The quantitative estimate of drug-likeness (QED) is 0.471. The molecular weight excluding hydrogens is 336 g/mol. The Hall–Kier alpha value is -0.920. The number of amides is 1. The molecule has 1 saturated heterocycles. The molecule has 0 aliphatic carbocycles. The number of β-lactam (4-membered cyclic amide) rings is 1. The Morgan fingerprint density at radius 2 is 2.00 bits per heavy atom. The first kappa shape index (κ1) is 17.1. The number of hydrogen-bond donors (Lipinski definition) is 1. The summed E-state index contributed by atoms with van der Waals surface area (Å²) >= 11 is 17.1. The maximum Gasteiger partial charge on any atom is 0.508 e. The van der Waals surface area contributed by atoms with Gasteiger partial charge in [0, 0.05) is 6.92 Å². The molecule has 1 heterocycles. The first-order valence-electron chi connectivity index (χ1n) is 5.54. The zero-order valence-electron chi connectivity index (χ0n) is 10.5. The molecule has 1 amide bonds. The van der Waals surface area contributed by atoms with E-state index in [1.807, 2.05) is 0 Å². The van der Waals surface area contributed by atoms with Crippen molar-refractivity contribution in [1.29, 1.82) is 0 Å². The number of carbonyl (C=O) groups excluding carboxylic acids is 3. The van der Waals surface area contributed by atoms with E-state index in [2.05, 4.69) is 10.1 Å². The second-order valence-electron chi connectivity index (χ2n) is 3.83. The van der Waals surface area contributed by atoms with Crippen LogP contribution in [-0.4, -0.2) is 40.8 Å². The zero-order valence-corrected chi connectivity index (χ0v) is 12.8. The lowest BCUT2D eigenvalue weighted by molar-refractivity contribution is -0.175. The van der Waals surface area contributed by atoms with Crippen molar-refractivity contribution >= 4 is 52.8 Å². The molecule has 10 heteroatoms. The summed E-state index contributed by atoms with van der Waals surface area (Å²) in [4.78, 5) is 33.8. The molecule has 1 unspecified atom stereocenters. The normalized spacial score (nSPS) is 23.1. The molecule has 20 heavy (non-hydrogen) atoms. The molecule has 1 N–H and O–H groups in total. The Balaban J connectivity index is 2.84. The van der Waals surface area contributed by atoms with Gasteiger partial charge in [0.05, 0.1) is 6.61 Å². The van der Waals surface area contributed by atoms with Gasteiger partial charge in [0.1, 0.15) is 5.92 Å². The van der Waals surface area contributed by atoms with E-state index in [9.17, 15) is 14.4 Å². The first-order chi connectivity index (χ1) is 9.16. The molecule has 0 saturated carbocycles. The molecule has 0 aromatic carbocycles. The van der Waals surface area contributed by atoms with Crippen LogP contribution in [0.1, 0.15) is 13.8 Å². The van der Waals surface area contributed by atoms with Crippen LogP contribution in [0.15, 0.2) is 0 Å². The molecule has 3 atom stereocenters. The van der Waals surface area contributed by atoms with Crippen molar-refractivity contribution in [3.05, 3.63) is 0 Å². The van der Waals surface area contributed by atoms with Crippen LogP contribution in [0.2, 0.25) is 0 Å². The number of ether oxygens (including phenoxy) is 3. The van der Waals surface area contributed by atoms with Gasteiger partial charge < -0.3 is 19.5 Å². The van der Waals surface area contributed by atoms with E-state index in [0.717, 1.165) is 6.92 Å². The van der Waals surface area contributed by atoms with E-state index in [4.69, 9.17) is 44.3 Å². The molecule has 1 aliphatic heterocycles. The van der Waals surface area contributed by atoms with E-state index >= 15 is 0 Å². The predicted molar refractivity (Wildman–Crippen MR) is 69.4 cm³/mol. The summed E-state index contributed by atoms with van der Waals surface area (Å²) in [7, 11) is 0. The third kappa shape index (κ3) is 4.29.